The molecule has 0 aliphatic rings. The maximum atomic E-state index is 11.8. The Balaban J connectivity index is 2.47. The Bertz CT molecular complexity index is 814. The molecule has 0 fully saturated rings. The lowest BCUT2D eigenvalue weighted by Crippen LogP contribution is -2.18. The second-order valence-corrected chi connectivity index (χ2v) is 7.13. The number of carbonyl (C=O) groups is 1. The Morgan fingerprint density at radius 3 is 2.50 bits per heavy atom. The van der Waals surface area contributed by atoms with Crippen molar-refractivity contribution < 1.29 is 23.1 Å². The minimum atomic E-state index is -3.14. The van der Waals surface area contributed by atoms with E-state index in [1.54, 1.807) is 24.3 Å². The number of aromatic hydroxyl groups is 1. The summed E-state index contributed by atoms with van der Waals surface area (Å²) in [5.41, 5.74) is 0.0792. The van der Waals surface area contributed by atoms with Crippen LogP contribution >= 0.6 is 0 Å². The summed E-state index contributed by atoms with van der Waals surface area (Å²) in [6.45, 7) is -0.0270. The molecule has 2 aromatic rings. The van der Waals surface area contributed by atoms with E-state index in [9.17, 15) is 18.3 Å². The van der Waals surface area contributed by atoms with Gasteiger partial charge in [-0.2, -0.15) is 0 Å². The van der Waals surface area contributed by atoms with Gasteiger partial charge >= 0.3 is 0 Å². The SMILES string of the molecule is CNC(=O)c1cc(OCCS(C)(=O)=O)c2ccccc2c1O. The number of hydrogen-bond acceptors (Lipinski definition) is 5. The fraction of sp³-hybridized carbons (Fsp3) is 0.267. The van der Waals surface area contributed by atoms with Crippen molar-refractivity contribution in [1.29, 1.82) is 0 Å². The zero-order chi connectivity index (χ0) is 16.3. The molecule has 0 aromatic heterocycles. The van der Waals surface area contributed by atoms with Gasteiger partial charge in [0.1, 0.15) is 18.1 Å². The lowest BCUT2D eigenvalue weighted by molar-refractivity contribution is 0.0960. The van der Waals surface area contributed by atoms with Crippen LogP contribution in [0.5, 0.6) is 11.5 Å². The van der Waals surface area contributed by atoms with Crippen LogP contribution < -0.4 is 10.1 Å². The van der Waals surface area contributed by atoms with Crippen LogP contribution in [0.2, 0.25) is 0 Å². The highest BCUT2D eigenvalue weighted by molar-refractivity contribution is 7.90. The molecule has 0 saturated heterocycles. The summed E-state index contributed by atoms with van der Waals surface area (Å²) >= 11 is 0. The van der Waals surface area contributed by atoms with Crippen molar-refractivity contribution >= 4 is 26.5 Å². The number of hydrogen-bond donors (Lipinski definition) is 2. The van der Waals surface area contributed by atoms with Crippen molar-refractivity contribution in [3.63, 3.8) is 0 Å². The fourth-order valence-corrected chi connectivity index (χ4v) is 2.44. The van der Waals surface area contributed by atoms with Crippen molar-refractivity contribution in [2.75, 3.05) is 25.7 Å². The Morgan fingerprint density at radius 1 is 1.27 bits per heavy atom. The predicted molar refractivity (Wildman–Crippen MR) is 84.2 cm³/mol. The number of phenolic OH excluding ortho intramolecular Hbond substituents is 1. The number of phenols is 1. The van der Waals surface area contributed by atoms with Gasteiger partial charge in [-0.15, -0.1) is 0 Å². The standard InChI is InChI=1S/C15H17NO5S/c1-16-15(18)12-9-13(21-7-8-22(2,19)20)10-5-3-4-6-11(10)14(12)17/h3-6,9,17H,7-8H2,1-2H3,(H,16,18). The zero-order valence-corrected chi connectivity index (χ0v) is 13.1. The topological polar surface area (TPSA) is 92.7 Å². The maximum Gasteiger partial charge on any atom is 0.254 e. The molecular formula is C15H17NO5S. The number of ether oxygens (including phenoxy) is 1. The monoisotopic (exact) mass is 323 g/mol. The average Bonchev–Trinajstić information content (AvgIpc) is 2.48. The number of carbonyl (C=O) groups excluding carboxylic acids is 1. The molecule has 0 spiro atoms. The predicted octanol–water partition coefficient (Wildman–Crippen LogP) is 1.33. The van der Waals surface area contributed by atoms with E-state index in [1.165, 1.54) is 13.1 Å². The maximum absolute atomic E-state index is 11.8. The van der Waals surface area contributed by atoms with Crippen LogP contribution in [-0.4, -0.2) is 45.1 Å². The Labute approximate surface area is 128 Å². The van der Waals surface area contributed by atoms with Gasteiger partial charge in [0.05, 0.1) is 11.3 Å². The minimum Gasteiger partial charge on any atom is -0.506 e. The summed E-state index contributed by atoms with van der Waals surface area (Å²) in [5, 5.41) is 13.7. The Kier molecular flexibility index (Phi) is 4.56. The van der Waals surface area contributed by atoms with Crippen molar-refractivity contribution in [2.24, 2.45) is 0 Å². The van der Waals surface area contributed by atoms with E-state index in [2.05, 4.69) is 5.32 Å². The Morgan fingerprint density at radius 2 is 1.91 bits per heavy atom. The third kappa shape index (κ3) is 3.48. The number of benzene rings is 2. The van der Waals surface area contributed by atoms with Crippen LogP contribution in [0.3, 0.4) is 0 Å². The summed E-state index contributed by atoms with van der Waals surface area (Å²) in [4.78, 5) is 11.8. The first-order chi connectivity index (χ1) is 10.3. The smallest absolute Gasteiger partial charge is 0.254 e. The van der Waals surface area contributed by atoms with Crippen LogP contribution in [0.25, 0.3) is 10.8 Å². The third-order valence-electron chi connectivity index (χ3n) is 3.16. The highest BCUT2D eigenvalue weighted by atomic mass is 32.2. The molecule has 22 heavy (non-hydrogen) atoms. The summed E-state index contributed by atoms with van der Waals surface area (Å²) in [6.07, 6.45) is 1.13. The molecule has 0 bridgehead atoms. The highest BCUT2D eigenvalue weighted by Crippen LogP contribution is 2.35. The summed E-state index contributed by atoms with van der Waals surface area (Å²) in [7, 11) is -1.68. The first kappa shape index (κ1) is 16.1. The van der Waals surface area contributed by atoms with Crippen LogP contribution in [-0.2, 0) is 9.84 Å². The number of amides is 1. The van der Waals surface area contributed by atoms with Crippen molar-refractivity contribution in [3.05, 3.63) is 35.9 Å². The number of rotatable bonds is 5. The molecule has 118 valence electrons. The van der Waals surface area contributed by atoms with Crippen LogP contribution in [0, 0.1) is 0 Å². The fourth-order valence-electron chi connectivity index (χ4n) is 2.06. The number of nitrogens with one attached hydrogen (secondary N) is 1. The largest absolute Gasteiger partial charge is 0.506 e. The number of fused-ring (bicyclic) bond motifs is 1. The van der Waals surface area contributed by atoms with Gasteiger partial charge in [-0.3, -0.25) is 4.79 Å². The number of sulfone groups is 1. The first-order valence-electron chi connectivity index (χ1n) is 6.61. The molecule has 1 amide bonds. The van der Waals surface area contributed by atoms with Crippen molar-refractivity contribution in [2.45, 2.75) is 0 Å². The second kappa shape index (κ2) is 6.23. The van der Waals surface area contributed by atoms with E-state index in [1.807, 2.05) is 0 Å². The molecule has 2 N–H and O–H groups in total. The van der Waals surface area contributed by atoms with Gasteiger partial charge in [-0.25, -0.2) is 8.42 Å². The van der Waals surface area contributed by atoms with Gasteiger partial charge in [-0.05, 0) is 6.07 Å². The van der Waals surface area contributed by atoms with E-state index >= 15 is 0 Å². The zero-order valence-electron chi connectivity index (χ0n) is 12.3. The van der Waals surface area contributed by atoms with Gasteiger partial charge in [0.25, 0.3) is 5.91 Å². The first-order valence-corrected chi connectivity index (χ1v) is 8.67. The highest BCUT2D eigenvalue weighted by Gasteiger charge is 2.17. The normalized spacial score (nSPS) is 11.4. The molecule has 0 saturated carbocycles. The Hall–Kier alpha value is -2.28. The van der Waals surface area contributed by atoms with E-state index in [4.69, 9.17) is 4.74 Å². The lowest BCUT2D eigenvalue weighted by atomic mass is 10.0. The average molecular weight is 323 g/mol. The van der Waals surface area contributed by atoms with Crippen LogP contribution in [0.4, 0.5) is 0 Å². The quantitative estimate of drug-likeness (QED) is 0.866. The van der Waals surface area contributed by atoms with Crippen molar-refractivity contribution in [3.8, 4) is 11.5 Å². The minimum absolute atomic E-state index is 0.0270. The molecule has 6 nitrogen and oxygen atoms in total. The van der Waals surface area contributed by atoms with Crippen LogP contribution in [0.1, 0.15) is 10.4 Å². The molecule has 2 aromatic carbocycles. The molecule has 2 rings (SSSR count). The molecule has 7 heteroatoms. The molecule has 0 unspecified atom stereocenters. The van der Waals surface area contributed by atoms with E-state index in [0.29, 0.717) is 16.5 Å². The van der Waals surface area contributed by atoms with Crippen molar-refractivity contribution in [1.82, 2.24) is 5.32 Å². The molecular weight excluding hydrogens is 306 g/mol. The third-order valence-corrected chi connectivity index (χ3v) is 4.07. The lowest BCUT2D eigenvalue weighted by Gasteiger charge is -2.13. The van der Waals surface area contributed by atoms with Gasteiger partial charge in [0.2, 0.25) is 0 Å². The molecule has 0 aliphatic carbocycles. The summed E-state index contributed by atoms with van der Waals surface area (Å²) in [5.74, 6) is -0.352. The second-order valence-electron chi connectivity index (χ2n) is 4.87. The van der Waals surface area contributed by atoms with Crippen LogP contribution in [0.15, 0.2) is 30.3 Å². The van der Waals surface area contributed by atoms with E-state index in [0.717, 1.165) is 6.26 Å². The summed E-state index contributed by atoms with van der Waals surface area (Å²) in [6, 6.07) is 8.32. The summed E-state index contributed by atoms with van der Waals surface area (Å²) < 4.78 is 27.9. The van der Waals surface area contributed by atoms with Gasteiger partial charge in [-0.1, -0.05) is 24.3 Å². The van der Waals surface area contributed by atoms with E-state index in [-0.39, 0.29) is 23.7 Å². The molecule has 0 radical (unpaired) electrons. The van der Waals surface area contributed by atoms with Gasteiger partial charge < -0.3 is 15.2 Å². The molecule has 0 heterocycles. The van der Waals surface area contributed by atoms with Gasteiger partial charge in [0, 0.05) is 24.1 Å². The van der Waals surface area contributed by atoms with Gasteiger partial charge in [0.15, 0.2) is 9.84 Å². The molecule has 0 atom stereocenters. The molecule has 0 aliphatic heterocycles. The van der Waals surface area contributed by atoms with E-state index < -0.39 is 15.7 Å².